The van der Waals surface area contributed by atoms with E-state index in [1.807, 2.05) is 36.4 Å². The summed E-state index contributed by atoms with van der Waals surface area (Å²) in [5.41, 5.74) is 5.03. The van der Waals surface area contributed by atoms with Gasteiger partial charge in [0.1, 0.15) is 17.4 Å². The zero-order valence-electron chi connectivity index (χ0n) is 13.5. The Morgan fingerprint density at radius 1 is 1.27 bits per heavy atom. The summed E-state index contributed by atoms with van der Waals surface area (Å²) in [5.74, 6) is -0.204. The van der Waals surface area contributed by atoms with Crippen molar-refractivity contribution in [3.05, 3.63) is 59.1 Å². The van der Waals surface area contributed by atoms with E-state index in [0.717, 1.165) is 11.1 Å². The van der Waals surface area contributed by atoms with Gasteiger partial charge in [0.15, 0.2) is 0 Å². The summed E-state index contributed by atoms with van der Waals surface area (Å²) in [5, 5.41) is 9.66. The fourth-order valence-electron chi connectivity index (χ4n) is 2.79. The Kier molecular flexibility index (Phi) is 4.52. The number of thioether (sulfide) groups is 1. The van der Waals surface area contributed by atoms with Gasteiger partial charge in [0.05, 0.1) is 11.3 Å². The molecular formula is C17H14ClN5O2S. The molecule has 0 bridgehead atoms. The van der Waals surface area contributed by atoms with Gasteiger partial charge in [-0.15, -0.1) is 16.9 Å². The van der Waals surface area contributed by atoms with Gasteiger partial charge in [-0.3, -0.25) is 15.0 Å². The summed E-state index contributed by atoms with van der Waals surface area (Å²) in [6, 6.07) is 14.6. The SMILES string of the molecule is O=C(Cn1nnc2ccccc21)NN1C(=O)CSC1c1cccc(Cl)c1. The molecule has 0 spiro atoms. The molecule has 0 radical (unpaired) electrons. The summed E-state index contributed by atoms with van der Waals surface area (Å²) in [6.45, 7) is -0.0305. The van der Waals surface area contributed by atoms with Gasteiger partial charge in [-0.2, -0.15) is 0 Å². The third-order valence-corrected chi connectivity index (χ3v) is 5.41. The van der Waals surface area contributed by atoms with Crippen LogP contribution >= 0.6 is 23.4 Å². The molecule has 0 aliphatic carbocycles. The van der Waals surface area contributed by atoms with Crippen molar-refractivity contribution in [3.8, 4) is 0 Å². The second-order valence-corrected chi connectivity index (χ2v) is 7.26. The summed E-state index contributed by atoms with van der Waals surface area (Å²) < 4.78 is 1.51. The van der Waals surface area contributed by atoms with Gasteiger partial charge in [0, 0.05) is 5.02 Å². The highest BCUT2D eigenvalue weighted by Gasteiger charge is 2.34. The first-order chi connectivity index (χ1) is 12.6. The average molecular weight is 388 g/mol. The number of nitrogens with one attached hydrogen (secondary N) is 1. The first-order valence-corrected chi connectivity index (χ1v) is 9.31. The lowest BCUT2D eigenvalue weighted by molar-refractivity contribution is -0.139. The molecule has 1 aliphatic heterocycles. The van der Waals surface area contributed by atoms with Gasteiger partial charge in [0.25, 0.3) is 11.8 Å². The topological polar surface area (TPSA) is 80.1 Å². The first kappa shape index (κ1) is 16.9. The third kappa shape index (κ3) is 3.25. The Morgan fingerprint density at radius 2 is 2.12 bits per heavy atom. The van der Waals surface area contributed by atoms with Crippen LogP contribution in [0.3, 0.4) is 0 Å². The lowest BCUT2D eigenvalue weighted by atomic mass is 10.2. The van der Waals surface area contributed by atoms with Crippen molar-refractivity contribution in [1.82, 2.24) is 25.4 Å². The average Bonchev–Trinajstić information content (AvgIpc) is 3.20. The maximum absolute atomic E-state index is 12.5. The minimum absolute atomic E-state index is 0.0305. The van der Waals surface area contributed by atoms with E-state index < -0.39 is 0 Å². The number of hydrazine groups is 1. The molecule has 1 unspecified atom stereocenters. The number of carbonyl (C=O) groups excluding carboxylic acids is 2. The van der Waals surface area contributed by atoms with E-state index in [4.69, 9.17) is 11.6 Å². The predicted molar refractivity (Wildman–Crippen MR) is 99.2 cm³/mol. The van der Waals surface area contributed by atoms with Crippen molar-refractivity contribution in [1.29, 1.82) is 0 Å². The van der Waals surface area contributed by atoms with E-state index in [0.29, 0.717) is 16.3 Å². The molecule has 1 aliphatic rings. The Bertz CT molecular complexity index is 992. The zero-order valence-corrected chi connectivity index (χ0v) is 15.1. The number of fused-ring (bicyclic) bond motifs is 1. The second kappa shape index (κ2) is 6.97. The van der Waals surface area contributed by atoms with Gasteiger partial charge in [-0.1, -0.05) is 41.1 Å². The van der Waals surface area contributed by atoms with E-state index >= 15 is 0 Å². The Labute approximate surface area is 158 Å². The molecule has 4 rings (SSSR count). The summed E-state index contributed by atoms with van der Waals surface area (Å²) >= 11 is 7.49. The molecule has 1 aromatic heterocycles. The van der Waals surface area contributed by atoms with Crippen LogP contribution in [0.1, 0.15) is 10.9 Å². The summed E-state index contributed by atoms with van der Waals surface area (Å²) in [4.78, 5) is 24.7. The number of hydrogen-bond donors (Lipinski definition) is 1. The number of rotatable bonds is 4. The van der Waals surface area contributed by atoms with Crippen LogP contribution in [-0.2, 0) is 16.1 Å². The molecule has 2 aromatic carbocycles. The predicted octanol–water partition coefficient (Wildman–Crippen LogP) is 2.39. The van der Waals surface area contributed by atoms with Crippen LogP contribution in [0.2, 0.25) is 5.02 Å². The monoisotopic (exact) mass is 387 g/mol. The van der Waals surface area contributed by atoms with Crippen molar-refractivity contribution in [3.63, 3.8) is 0 Å². The van der Waals surface area contributed by atoms with Crippen LogP contribution in [0.15, 0.2) is 48.5 Å². The number of benzene rings is 2. The second-order valence-electron chi connectivity index (χ2n) is 5.75. The Balaban J connectivity index is 1.51. The van der Waals surface area contributed by atoms with Gasteiger partial charge in [0.2, 0.25) is 0 Å². The molecule has 1 atom stereocenters. The molecule has 3 aromatic rings. The number of nitrogens with zero attached hydrogens (tertiary/aromatic N) is 4. The molecular weight excluding hydrogens is 374 g/mol. The van der Waals surface area contributed by atoms with Crippen molar-refractivity contribution in [2.75, 3.05) is 5.75 Å². The van der Waals surface area contributed by atoms with E-state index in [9.17, 15) is 9.59 Å². The Hall–Kier alpha value is -2.58. The molecule has 26 heavy (non-hydrogen) atoms. The van der Waals surface area contributed by atoms with Crippen molar-refractivity contribution < 1.29 is 9.59 Å². The van der Waals surface area contributed by atoms with E-state index in [1.165, 1.54) is 21.5 Å². The molecule has 7 nitrogen and oxygen atoms in total. The number of halogens is 1. The summed E-state index contributed by atoms with van der Waals surface area (Å²) in [7, 11) is 0. The van der Waals surface area contributed by atoms with Crippen LogP contribution < -0.4 is 5.43 Å². The van der Waals surface area contributed by atoms with Crippen LogP contribution in [0.25, 0.3) is 11.0 Å². The van der Waals surface area contributed by atoms with Gasteiger partial charge in [-0.05, 0) is 29.8 Å². The minimum Gasteiger partial charge on any atom is -0.272 e. The van der Waals surface area contributed by atoms with E-state index in [1.54, 1.807) is 12.1 Å². The number of para-hydroxylation sites is 1. The van der Waals surface area contributed by atoms with Gasteiger partial charge >= 0.3 is 0 Å². The van der Waals surface area contributed by atoms with E-state index in [2.05, 4.69) is 15.7 Å². The Morgan fingerprint density at radius 3 is 2.96 bits per heavy atom. The molecule has 2 amide bonds. The molecule has 1 N–H and O–H groups in total. The fourth-order valence-corrected chi connectivity index (χ4v) is 4.09. The smallest absolute Gasteiger partial charge is 0.260 e. The van der Waals surface area contributed by atoms with Crippen LogP contribution in [-0.4, -0.2) is 37.6 Å². The number of carbonyl (C=O) groups is 2. The van der Waals surface area contributed by atoms with E-state index in [-0.39, 0.29) is 23.7 Å². The fraction of sp³-hybridized carbons (Fsp3) is 0.176. The van der Waals surface area contributed by atoms with Crippen LogP contribution in [0.5, 0.6) is 0 Å². The number of hydrogen-bond acceptors (Lipinski definition) is 5. The van der Waals surface area contributed by atoms with Crippen molar-refractivity contribution in [2.45, 2.75) is 11.9 Å². The molecule has 9 heteroatoms. The minimum atomic E-state index is -0.344. The highest BCUT2D eigenvalue weighted by atomic mass is 35.5. The lowest BCUT2D eigenvalue weighted by Crippen LogP contribution is -2.45. The highest BCUT2D eigenvalue weighted by Crippen LogP contribution is 2.37. The third-order valence-electron chi connectivity index (χ3n) is 3.96. The quantitative estimate of drug-likeness (QED) is 0.743. The molecule has 1 saturated heterocycles. The molecule has 132 valence electrons. The van der Waals surface area contributed by atoms with Gasteiger partial charge < -0.3 is 0 Å². The van der Waals surface area contributed by atoms with Gasteiger partial charge in [-0.25, -0.2) is 9.69 Å². The number of aromatic nitrogens is 3. The largest absolute Gasteiger partial charge is 0.272 e. The molecule has 1 fully saturated rings. The maximum Gasteiger partial charge on any atom is 0.260 e. The number of amides is 2. The van der Waals surface area contributed by atoms with Crippen LogP contribution in [0, 0.1) is 0 Å². The molecule has 0 saturated carbocycles. The normalized spacial score (nSPS) is 17.0. The van der Waals surface area contributed by atoms with Crippen molar-refractivity contribution in [2.24, 2.45) is 0 Å². The molecule has 2 heterocycles. The lowest BCUT2D eigenvalue weighted by Gasteiger charge is -2.24. The highest BCUT2D eigenvalue weighted by molar-refractivity contribution is 8.00. The maximum atomic E-state index is 12.5. The first-order valence-electron chi connectivity index (χ1n) is 7.88. The van der Waals surface area contributed by atoms with Crippen molar-refractivity contribution >= 4 is 46.2 Å². The zero-order chi connectivity index (χ0) is 18.1. The standard InChI is InChI=1S/C17H14ClN5O2S/c18-12-5-3-4-11(8-12)17-23(16(25)10-26-17)20-15(24)9-22-14-7-2-1-6-13(14)19-21-22/h1-8,17H,9-10H2,(H,20,24). The summed E-state index contributed by atoms with van der Waals surface area (Å²) in [6.07, 6.45) is 0. The van der Waals surface area contributed by atoms with Crippen LogP contribution in [0.4, 0.5) is 0 Å².